The number of nitrogens with zero attached hydrogens (tertiary/aromatic N) is 3. The van der Waals surface area contributed by atoms with Gasteiger partial charge in [0.1, 0.15) is 5.82 Å². The summed E-state index contributed by atoms with van der Waals surface area (Å²) in [5.74, 6) is 2.82. The first-order valence-corrected chi connectivity index (χ1v) is 9.86. The summed E-state index contributed by atoms with van der Waals surface area (Å²) in [6, 6.07) is 3.66. The van der Waals surface area contributed by atoms with E-state index in [9.17, 15) is 0 Å². The third-order valence-electron chi connectivity index (χ3n) is 4.70. The molecule has 1 fully saturated rings. The van der Waals surface area contributed by atoms with E-state index in [-0.39, 0.29) is 0 Å². The van der Waals surface area contributed by atoms with Crippen molar-refractivity contribution in [3.8, 4) is 11.6 Å². The maximum atomic E-state index is 5.99. The Morgan fingerprint density at radius 2 is 2.07 bits per heavy atom. The number of aromatic nitrogens is 3. The number of H-pyrrole nitrogens is 1. The fourth-order valence-electron chi connectivity index (χ4n) is 3.25. The molecule has 0 atom stereocenters. The molecule has 8 heteroatoms. The van der Waals surface area contributed by atoms with E-state index in [0.29, 0.717) is 37.3 Å². The van der Waals surface area contributed by atoms with Crippen molar-refractivity contribution in [1.29, 1.82) is 0 Å². The van der Waals surface area contributed by atoms with Gasteiger partial charge < -0.3 is 19.8 Å². The third kappa shape index (κ3) is 6.39. The summed E-state index contributed by atoms with van der Waals surface area (Å²) in [6.07, 6.45) is 10.4. The van der Waals surface area contributed by atoms with Crippen molar-refractivity contribution in [3.05, 3.63) is 24.2 Å². The number of aliphatic imine (C=N–C) groups is 1. The molecule has 148 valence electrons. The molecule has 27 heavy (non-hydrogen) atoms. The molecule has 3 N–H and O–H groups in total. The van der Waals surface area contributed by atoms with Gasteiger partial charge in [0.2, 0.25) is 5.82 Å². The largest absolute Gasteiger partial charge is 0.461 e. The van der Waals surface area contributed by atoms with Gasteiger partial charge in [-0.15, -0.1) is 0 Å². The molecule has 1 saturated carbocycles. The number of rotatable bonds is 8. The number of hydrogen-bond acceptors (Lipinski definition) is 5. The fraction of sp³-hybridized carbons (Fsp3) is 0.632. The first kappa shape index (κ1) is 19.4. The topological polar surface area (TPSA) is 100 Å². The Hall–Kier alpha value is -2.35. The summed E-state index contributed by atoms with van der Waals surface area (Å²) in [7, 11) is 1.77. The van der Waals surface area contributed by atoms with Gasteiger partial charge in [0.05, 0.1) is 19.0 Å². The number of aromatic amines is 1. The van der Waals surface area contributed by atoms with E-state index in [1.807, 2.05) is 12.1 Å². The fourth-order valence-corrected chi connectivity index (χ4v) is 3.25. The lowest BCUT2D eigenvalue weighted by atomic mass is 10.1. The van der Waals surface area contributed by atoms with Crippen LogP contribution in [0.5, 0.6) is 0 Å². The number of nitrogens with one attached hydrogen (secondary N) is 3. The number of hydrogen-bond donors (Lipinski definition) is 3. The van der Waals surface area contributed by atoms with Gasteiger partial charge >= 0.3 is 0 Å². The van der Waals surface area contributed by atoms with Crippen molar-refractivity contribution < 1.29 is 9.15 Å². The van der Waals surface area contributed by atoms with E-state index in [1.54, 1.807) is 13.3 Å². The van der Waals surface area contributed by atoms with Crippen LogP contribution < -0.4 is 10.6 Å². The summed E-state index contributed by atoms with van der Waals surface area (Å²) in [4.78, 5) is 8.67. The smallest absolute Gasteiger partial charge is 0.216 e. The molecular weight excluding hydrogens is 344 g/mol. The van der Waals surface area contributed by atoms with Gasteiger partial charge in [-0.1, -0.05) is 25.7 Å². The Morgan fingerprint density at radius 3 is 2.81 bits per heavy atom. The first-order valence-electron chi connectivity index (χ1n) is 9.86. The van der Waals surface area contributed by atoms with E-state index < -0.39 is 0 Å². The minimum atomic E-state index is 0.430. The maximum absolute atomic E-state index is 5.99. The van der Waals surface area contributed by atoms with Crippen LogP contribution >= 0.6 is 0 Å². The second-order valence-corrected chi connectivity index (χ2v) is 6.74. The minimum Gasteiger partial charge on any atom is -0.461 e. The number of guanidine groups is 1. The predicted molar refractivity (Wildman–Crippen MR) is 105 cm³/mol. The average molecular weight is 374 g/mol. The number of furan rings is 1. The molecule has 0 spiro atoms. The highest BCUT2D eigenvalue weighted by molar-refractivity contribution is 5.79. The Labute approximate surface area is 160 Å². The van der Waals surface area contributed by atoms with Gasteiger partial charge in [-0.3, -0.25) is 10.1 Å². The van der Waals surface area contributed by atoms with Crippen molar-refractivity contribution in [2.24, 2.45) is 4.99 Å². The third-order valence-corrected chi connectivity index (χ3v) is 4.70. The van der Waals surface area contributed by atoms with Gasteiger partial charge in [-0.05, 0) is 25.0 Å². The summed E-state index contributed by atoms with van der Waals surface area (Å²) >= 11 is 0. The summed E-state index contributed by atoms with van der Waals surface area (Å²) in [5.41, 5.74) is 0. The first-order chi connectivity index (χ1) is 13.3. The molecule has 0 bridgehead atoms. The summed E-state index contributed by atoms with van der Waals surface area (Å²) in [5, 5.41) is 13.7. The number of ether oxygens (including phenoxy) is 1. The molecule has 3 rings (SSSR count). The highest BCUT2D eigenvalue weighted by Gasteiger charge is 2.12. The average Bonchev–Trinajstić information content (AvgIpc) is 3.31. The Kier molecular flexibility index (Phi) is 7.70. The quantitative estimate of drug-likeness (QED) is 0.284. The second kappa shape index (κ2) is 10.7. The van der Waals surface area contributed by atoms with E-state index in [2.05, 4.69) is 30.8 Å². The van der Waals surface area contributed by atoms with Crippen molar-refractivity contribution in [3.63, 3.8) is 0 Å². The van der Waals surface area contributed by atoms with Gasteiger partial charge in [0, 0.05) is 26.6 Å². The molecule has 0 aliphatic heterocycles. The van der Waals surface area contributed by atoms with E-state index in [0.717, 1.165) is 18.3 Å². The van der Waals surface area contributed by atoms with Gasteiger partial charge in [0.15, 0.2) is 11.7 Å². The molecule has 0 amide bonds. The van der Waals surface area contributed by atoms with Crippen LogP contribution in [-0.2, 0) is 11.2 Å². The van der Waals surface area contributed by atoms with Crippen molar-refractivity contribution in [2.75, 3.05) is 26.7 Å². The molecule has 0 aromatic carbocycles. The van der Waals surface area contributed by atoms with Crippen molar-refractivity contribution in [1.82, 2.24) is 25.8 Å². The molecule has 0 unspecified atom stereocenters. The highest BCUT2D eigenvalue weighted by Crippen LogP contribution is 2.19. The Balaban J connectivity index is 1.31. The zero-order valence-corrected chi connectivity index (χ0v) is 16.0. The Morgan fingerprint density at radius 1 is 1.26 bits per heavy atom. The van der Waals surface area contributed by atoms with E-state index in [1.165, 1.54) is 38.5 Å². The zero-order chi connectivity index (χ0) is 18.7. The van der Waals surface area contributed by atoms with Crippen molar-refractivity contribution in [2.45, 2.75) is 51.0 Å². The van der Waals surface area contributed by atoms with Gasteiger partial charge in [-0.25, -0.2) is 4.98 Å². The normalized spacial score (nSPS) is 16.3. The standard InChI is InChI=1S/C19H30N6O2/c1-20-19(22-12-14-26-15-7-4-2-3-5-8-15)21-11-10-17-23-18(25-24-17)16-9-6-13-27-16/h6,9,13,15H,2-5,7-8,10-12,14H2,1H3,(H2,20,21,22)(H,23,24,25). The molecule has 2 aromatic heterocycles. The van der Waals surface area contributed by atoms with Crippen LogP contribution in [0.4, 0.5) is 0 Å². The van der Waals surface area contributed by atoms with E-state index >= 15 is 0 Å². The summed E-state index contributed by atoms with van der Waals surface area (Å²) in [6.45, 7) is 2.16. The molecule has 8 nitrogen and oxygen atoms in total. The van der Waals surface area contributed by atoms with Crippen LogP contribution in [0.25, 0.3) is 11.6 Å². The lowest BCUT2D eigenvalue weighted by Crippen LogP contribution is -2.40. The molecule has 2 aromatic rings. The molecule has 0 saturated heterocycles. The van der Waals surface area contributed by atoms with Crippen LogP contribution in [0.15, 0.2) is 27.8 Å². The molecule has 0 radical (unpaired) electrons. The highest BCUT2D eigenvalue weighted by atomic mass is 16.5. The molecule has 1 aliphatic rings. The van der Waals surface area contributed by atoms with Gasteiger partial charge in [-0.2, -0.15) is 5.10 Å². The van der Waals surface area contributed by atoms with Crippen LogP contribution in [0.3, 0.4) is 0 Å². The van der Waals surface area contributed by atoms with Crippen LogP contribution in [0.1, 0.15) is 44.3 Å². The van der Waals surface area contributed by atoms with Gasteiger partial charge in [0.25, 0.3) is 0 Å². The van der Waals surface area contributed by atoms with Crippen LogP contribution in [-0.4, -0.2) is 54.0 Å². The summed E-state index contributed by atoms with van der Waals surface area (Å²) < 4.78 is 11.3. The maximum Gasteiger partial charge on any atom is 0.216 e. The monoisotopic (exact) mass is 374 g/mol. The zero-order valence-electron chi connectivity index (χ0n) is 16.0. The van der Waals surface area contributed by atoms with Crippen molar-refractivity contribution >= 4 is 5.96 Å². The predicted octanol–water partition coefficient (Wildman–Crippen LogP) is 2.51. The van der Waals surface area contributed by atoms with E-state index in [4.69, 9.17) is 9.15 Å². The van der Waals surface area contributed by atoms with Crippen LogP contribution in [0, 0.1) is 0 Å². The Bertz CT molecular complexity index is 674. The lowest BCUT2D eigenvalue weighted by Gasteiger charge is -2.16. The SMILES string of the molecule is CN=C(NCCOC1CCCCCC1)NCCc1nc(-c2ccco2)n[nH]1. The minimum absolute atomic E-state index is 0.430. The lowest BCUT2D eigenvalue weighted by molar-refractivity contribution is 0.0468. The molecule has 2 heterocycles. The molecule has 1 aliphatic carbocycles. The van der Waals surface area contributed by atoms with Crippen LogP contribution in [0.2, 0.25) is 0 Å². The second-order valence-electron chi connectivity index (χ2n) is 6.74. The molecular formula is C19H30N6O2.